The Hall–Kier alpha value is -1.15. The Bertz CT molecular complexity index is 915. The van der Waals surface area contributed by atoms with Crippen LogP contribution in [0.3, 0.4) is 0 Å². The number of sulfone groups is 1. The van der Waals surface area contributed by atoms with Crippen LogP contribution in [0.4, 0.5) is 0 Å². The van der Waals surface area contributed by atoms with Crippen LogP contribution in [0.15, 0.2) is 34.8 Å². The highest BCUT2D eigenvalue weighted by Gasteiger charge is 2.20. The highest BCUT2D eigenvalue weighted by molar-refractivity contribution is 7.92. The summed E-state index contributed by atoms with van der Waals surface area (Å²) in [7, 11) is -3.47. The molecule has 2 aromatic rings. The Morgan fingerprint density at radius 3 is 2.67 bits per heavy atom. The van der Waals surface area contributed by atoms with Crippen LogP contribution in [-0.2, 0) is 21.2 Å². The molecule has 0 bridgehead atoms. The van der Waals surface area contributed by atoms with E-state index in [0.717, 1.165) is 5.56 Å². The maximum atomic E-state index is 12.0. The predicted octanol–water partition coefficient (Wildman–Crippen LogP) is 3.16. The highest BCUT2D eigenvalue weighted by atomic mass is 35.5. The minimum absolute atomic E-state index is 0.405. The molecule has 2 rings (SSSR count). The molecule has 130 valence electrons. The molecule has 0 radical (unpaired) electrons. The Balaban J connectivity index is 2.25. The largest absolute Gasteiger partial charge is 0.319 e. The van der Waals surface area contributed by atoms with Gasteiger partial charge < -0.3 is 4.57 Å². The number of hydrogen-bond acceptors (Lipinski definition) is 4. The fourth-order valence-corrected chi connectivity index (χ4v) is 3.77. The van der Waals surface area contributed by atoms with E-state index < -0.39 is 26.7 Å². The smallest absolute Gasteiger partial charge is 0.263 e. The summed E-state index contributed by atoms with van der Waals surface area (Å²) < 4.78 is 25.4. The van der Waals surface area contributed by atoms with Crippen molar-refractivity contribution in [1.29, 1.82) is 0 Å². The van der Waals surface area contributed by atoms with Crippen molar-refractivity contribution in [3.8, 4) is 0 Å². The van der Waals surface area contributed by atoms with Crippen LogP contribution in [0.5, 0.6) is 0 Å². The van der Waals surface area contributed by atoms with E-state index in [4.69, 9.17) is 23.2 Å². The van der Waals surface area contributed by atoms with Crippen molar-refractivity contribution in [2.45, 2.75) is 25.6 Å². The number of aromatic nitrogens is 1. The van der Waals surface area contributed by atoms with Crippen molar-refractivity contribution in [2.75, 3.05) is 5.75 Å². The van der Waals surface area contributed by atoms with Gasteiger partial charge in [0.1, 0.15) is 5.75 Å². The summed E-state index contributed by atoms with van der Waals surface area (Å²) in [6.45, 7) is 3.48. The number of rotatable bonds is 5. The molecule has 1 aromatic carbocycles. The molecular weight excluding hydrogens is 391 g/mol. The number of halogens is 2. The third-order valence-corrected chi connectivity index (χ3v) is 6.75. The van der Waals surface area contributed by atoms with Crippen molar-refractivity contribution < 1.29 is 13.2 Å². The zero-order valence-electron chi connectivity index (χ0n) is 13.1. The summed E-state index contributed by atoms with van der Waals surface area (Å²) in [5.74, 6) is -1.27. The topological polar surface area (TPSA) is 68.5 Å². The zero-order valence-corrected chi connectivity index (χ0v) is 16.2. The van der Waals surface area contributed by atoms with Gasteiger partial charge in [0.25, 0.3) is 5.91 Å². The number of carbonyl (C=O) groups is 1. The molecule has 24 heavy (non-hydrogen) atoms. The number of carbonyl (C=O) groups excluding carboxylic acids is 1. The van der Waals surface area contributed by atoms with Crippen LogP contribution < -0.4 is 4.80 Å². The summed E-state index contributed by atoms with van der Waals surface area (Å²) in [6.07, 6.45) is 1.76. The summed E-state index contributed by atoms with van der Waals surface area (Å²) in [5.41, 5.74) is 0.822. The molecule has 0 saturated heterocycles. The maximum Gasteiger partial charge on any atom is 0.263 e. The van der Waals surface area contributed by atoms with E-state index in [0.29, 0.717) is 21.4 Å². The molecule has 0 fully saturated rings. The van der Waals surface area contributed by atoms with Crippen LogP contribution in [-0.4, -0.2) is 29.9 Å². The number of benzene rings is 1. The molecule has 0 aliphatic rings. The van der Waals surface area contributed by atoms with Crippen LogP contribution in [0.2, 0.25) is 10.0 Å². The van der Waals surface area contributed by atoms with E-state index in [9.17, 15) is 13.2 Å². The van der Waals surface area contributed by atoms with Crippen molar-refractivity contribution in [3.05, 3.63) is 50.2 Å². The monoisotopic (exact) mass is 406 g/mol. The fraction of sp³-hybridized carbons (Fsp3) is 0.333. The van der Waals surface area contributed by atoms with E-state index in [-0.39, 0.29) is 0 Å². The van der Waals surface area contributed by atoms with Crippen LogP contribution in [0.1, 0.15) is 19.4 Å². The zero-order chi connectivity index (χ0) is 17.9. The van der Waals surface area contributed by atoms with Gasteiger partial charge in [0, 0.05) is 21.6 Å². The first kappa shape index (κ1) is 19.2. The lowest BCUT2D eigenvalue weighted by molar-refractivity contribution is -0.115. The number of amides is 1. The summed E-state index contributed by atoms with van der Waals surface area (Å²) in [4.78, 5) is 16.3. The lowest BCUT2D eigenvalue weighted by Crippen LogP contribution is -2.25. The first-order valence-electron chi connectivity index (χ1n) is 7.06. The van der Waals surface area contributed by atoms with Gasteiger partial charge in [-0.2, -0.15) is 4.99 Å². The van der Waals surface area contributed by atoms with Crippen molar-refractivity contribution in [3.63, 3.8) is 0 Å². The Morgan fingerprint density at radius 2 is 2.04 bits per heavy atom. The molecule has 0 aliphatic carbocycles. The van der Waals surface area contributed by atoms with Gasteiger partial charge >= 0.3 is 0 Å². The molecule has 0 unspecified atom stereocenters. The SMILES string of the molecule is CC(C)S(=O)(=O)CC(=O)N=c1sccn1Cc1ccc(Cl)cc1Cl. The quantitative estimate of drug-likeness (QED) is 0.765. The molecule has 1 aromatic heterocycles. The second-order valence-electron chi connectivity index (χ2n) is 5.41. The summed E-state index contributed by atoms with van der Waals surface area (Å²) >= 11 is 13.3. The van der Waals surface area contributed by atoms with Gasteiger partial charge in [0.2, 0.25) is 0 Å². The van der Waals surface area contributed by atoms with Gasteiger partial charge in [-0.3, -0.25) is 4.79 Å². The number of hydrogen-bond donors (Lipinski definition) is 0. The van der Waals surface area contributed by atoms with Gasteiger partial charge in [0.05, 0.1) is 11.8 Å². The average molecular weight is 407 g/mol. The van der Waals surface area contributed by atoms with E-state index in [1.807, 2.05) is 0 Å². The van der Waals surface area contributed by atoms with Gasteiger partial charge in [-0.25, -0.2) is 8.42 Å². The first-order chi connectivity index (χ1) is 11.2. The van der Waals surface area contributed by atoms with Crippen molar-refractivity contribution in [2.24, 2.45) is 4.99 Å². The minimum atomic E-state index is -3.47. The molecule has 0 saturated carbocycles. The molecule has 0 atom stereocenters. The molecule has 1 amide bonds. The average Bonchev–Trinajstić information content (AvgIpc) is 2.88. The molecule has 1 heterocycles. The van der Waals surface area contributed by atoms with Gasteiger partial charge in [0.15, 0.2) is 14.6 Å². The van der Waals surface area contributed by atoms with Crippen LogP contribution >= 0.6 is 34.5 Å². The predicted molar refractivity (Wildman–Crippen MR) is 97.4 cm³/mol. The lowest BCUT2D eigenvalue weighted by Gasteiger charge is -2.06. The first-order valence-corrected chi connectivity index (χ1v) is 10.4. The van der Waals surface area contributed by atoms with E-state index in [2.05, 4.69) is 4.99 Å². The van der Waals surface area contributed by atoms with Gasteiger partial charge in [-0.15, -0.1) is 11.3 Å². The Morgan fingerprint density at radius 1 is 1.33 bits per heavy atom. The van der Waals surface area contributed by atoms with Gasteiger partial charge in [-0.05, 0) is 31.5 Å². The minimum Gasteiger partial charge on any atom is -0.319 e. The summed E-state index contributed by atoms with van der Waals surface area (Å²) in [6, 6.07) is 5.17. The highest BCUT2D eigenvalue weighted by Crippen LogP contribution is 2.21. The summed E-state index contributed by atoms with van der Waals surface area (Å²) in [5, 5.41) is 2.21. The normalized spacial score (nSPS) is 12.8. The lowest BCUT2D eigenvalue weighted by atomic mass is 10.2. The molecular formula is C15H16Cl2N2O3S2. The third-order valence-electron chi connectivity index (χ3n) is 3.28. The van der Waals surface area contributed by atoms with Crippen LogP contribution in [0.25, 0.3) is 0 Å². The standard InChI is InChI=1S/C15H16Cl2N2O3S2/c1-10(2)24(21,22)9-14(20)18-15-19(5-6-23-15)8-11-3-4-12(16)7-13(11)17/h3-7,10H,8-9H2,1-2H3. The maximum absolute atomic E-state index is 12.0. The number of thiazole rings is 1. The molecule has 9 heteroatoms. The molecule has 0 aliphatic heterocycles. The molecule has 0 spiro atoms. The Labute approximate surface area is 154 Å². The fourth-order valence-electron chi connectivity index (χ4n) is 1.82. The van der Waals surface area contributed by atoms with E-state index in [1.165, 1.54) is 25.2 Å². The van der Waals surface area contributed by atoms with E-state index in [1.54, 1.807) is 34.3 Å². The Kier molecular flexibility index (Phi) is 6.25. The number of nitrogens with zero attached hydrogens (tertiary/aromatic N) is 2. The van der Waals surface area contributed by atoms with Crippen molar-refractivity contribution >= 4 is 50.3 Å². The molecule has 0 N–H and O–H groups in total. The van der Waals surface area contributed by atoms with Crippen LogP contribution in [0, 0.1) is 0 Å². The van der Waals surface area contributed by atoms with E-state index >= 15 is 0 Å². The second-order valence-corrected chi connectivity index (χ2v) is 9.68. The van der Waals surface area contributed by atoms with Gasteiger partial charge in [-0.1, -0.05) is 29.3 Å². The second kappa shape index (κ2) is 7.82. The third kappa shape index (κ3) is 4.92. The molecule has 5 nitrogen and oxygen atoms in total. The van der Waals surface area contributed by atoms with Crippen molar-refractivity contribution in [1.82, 2.24) is 4.57 Å².